The molecule has 0 unspecified atom stereocenters. The predicted molar refractivity (Wildman–Crippen MR) is 80.1 cm³/mol. The highest BCUT2D eigenvalue weighted by Crippen LogP contribution is 2.29. The predicted octanol–water partition coefficient (Wildman–Crippen LogP) is 2.27. The van der Waals surface area contributed by atoms with E-state index in [1.165, 1.54) is 10.4 Å². The van der Waals surface area contributed by atoms with Gasteiger partial charge in [0, 0.05) is 47.8 Å². The van der Waals surface area contributed by atoms with Crippen LogP contribution in [0.4, 0.5) is 0 Å². The van der Waals surface area contributed by atoms with Crippen molar-refractivity contribution in [1.29, 1.82) is 0 Å². The first-order valence-corrected chi connectivity index (χ1v) is 7.88. The van der Waals surface area contributed by atoms with Gasteiger partial charge in [-0.05, 0) is 18.9 Å². The fourth-order valence-electron chi connectivity index (χ4n) is 2.57. The fraction of sp³-hybridized carbons (Fsp3) is 0.400. The number of ether oxygens (including phenoxy) is 1. The summed E-state index contributed by atoms with van der Waals surface area (Å²) in [6.07, 6.45) is 6.13. The number of aromatic nitrogens is 2. The van der Waals surface area contributed by atoms with E-state index in [0.717, 1.165) is 37.2 Å². The number of rotatable bonds is 4. The summed E-state index contributed by atoms with van der Waals surface area (Å²) in [4.78, 5) is 23.6. The molecule has 3 rings (SSSR count). The molecule has 5 nitrogen and oxygen atoms in total. The summed E-state index contributed by atoms with van der Waals surface area (Å²) in [5, 5.41) is 1.93. The van der Waals surface area contributed by atoms with E-state index < -0.39 is 0 Å². The van der Waals surface area contributed by atoms with Crippen molar-refractivity contribution in [3.05, 3.63) is 45.7 Å². The second-order valence-corrected chi connectivity index (χ2v) is 5.94. The second-order valence-electron chi connectivity index (χ2n) is 4.98. The first-order valence-electron chi connectivity index (χ1n) is 7.00. The molecule has 0 saturated carbocycles. The van der Waals surface area contributed by atoms with Gasteiger partial charge in [-0.2, -0.15) is 0 Å². The number of hydrogen-bond donors (Lipinski definition) is 0. The van der Waals surface area contributed by atoms with Crippen LogP contribution in [0.15, 0.2) is 24.1 Å². The summed E-state index contributed by atoms with van der Waals surface area (Å²) in [6, 6.07) is 0. The van der Waals surface area contributed by atoms with Crippen LogP contribution in [0.2, 0.25) is 0 Å². The smallest absolute Gasteiger partial charge is 0.339 e. The lowest BCUT2D eigenvalue weighted by Crippen LogP contribution is -2.30. The van der Waals surface area contributed by atoms with Crippen molar-refractivity contribution in [2.75, 3.05) is 13.2 Å². The second kappa shape index (κ2) is 6.32. The lowest BCUT2D eigenvalue weighted by molar-refractivity contribution is 0.0525. The average Bonchev–Trinajstić information content (AvgIpc) is 2.92. The number of carbonyl (C=O) groups excluding carboxylic acids is 1. The Morgan fingerprint density at radius 1 is 1.43 bits per heavy atom. The van der Waals surface area contributed by atoms with E-state index in [9.17, 15) is 4.79 Å². The fourth-order valence-corrected chi connectivity index (χ4v) is 3.68. The van der Waals surface area contributed by atoms with Crippen LogP contribution in [-0.4, -0.2) is 34.0 Å². The maximum atomic E-state index is 11.9. The lowest BCUT2D eigenvalue weighted by Gasteiger charge is -2.26. The summed E-state index contributed by atoms with van der Waals surface area (Å²) in [7, 11) is 0. The Hall–Kier alpha value is -1.79. The van der Waals surface area contributed by atoms with Crippen LogP contribution < -0.4 is 0 Å². The Kier molecular flexibility index (Phi) is 4.26. The molecule has 0 aliphatic carbocycles. The van der Waals surface area contributed by atoms with Crippen LogP contribution in [0.5, 0.6) is 0 Å². The van der Waals surface area contributed by atoms with Gasteiger partial charge in [-0.25, -0.2) is 14.8 Å². The molecule has 0 aromatic carbocycles. The summed E-state index contributed by atoms with van der Waals surface area (Å²) >= 11 is 1.65. The number of fused-ring (bicyclic) bond motifs is 1. The normalized spacial score (nSPS) is 14.7. The minimum absolute atomic E-state index is 0.195. The number of carbonyl (C=O) groups is 1. The Morgan fingerprint density at radius 2 is 2.24 bits per heavy atom. The number of nitrogens with zero attached hydrogens (tertiary/aromatic N) is 3. The quantitative estimate of drug-likeness (QED) is 0.811. The third-order valence-corrected chi connectivity index (χ3v) is 4.56. The zero-order valence-electron chi connectivity index (χ0n) is 11.9. The van der Waals surface area contributed by atoms with Gasteiger partial charge in [-0.15, -0.1) is 11.3 Å². The molecule has 2 aromatic rings. The maximum Gasteiger partial charge on any atom is 0.339 e. The molecule has 6 heteroatoms. The molecule has 3 heterocycles. The van der Waals surface area contributed by atoms with Gasteiger partial charge in [-0.3, -0.25) is 4.90 Å². The van der Waals surface area contributed by atoms with Crippen molar-refractivity contribution in [1.82, 2.24) is 14.9 Å². The van der Waals surface area contributed by atoms with Gasteiger partial charge in [0.2, 0.25) is 0 Å². The Morgan fingerprint density at radius 3 is 3.00 bits per heavy atom. The third kappa shape index (κ3) is 3.11. The molecule has 0 fully saturated rings. The molecule has 0 N–H and O–H groups in total. The molecular weight excluding hydrogens is 286 g/mol. The summed E-state index contributed by atoms with van der Waals surface area (Å²) < 4.78 is 5.11. The van der Waals surface area contributed by atoms with Gasteiger partial charge in [0.25, 0.3) is 0 Å². The molecule has 1 aliphatic heterocycles. The molecule has 21 heavy (non-hydrogen) atoms. The molecule has 0 bridgehead atoms. The van der Waals surface area contributed by atoms with E-state index in [0.29, 0.717) is 6.61 Å². The minimum Gasteiger partial charge on any atom is -0.462 e. The Balaban J connectivity index is 1.71. The van der Waals surface area contributed by atoms with Crippen LogP contribution in [-0.2, 0) is 24.2 Å². The molecule has 0 saturated heterocycles. The standard InChI is InChI=1S/C15H17N3O2S/c1-2-20-15(19)13-9-21-14-8-18(4-3-12(13)14)7-11-5-16-10-17-6-11/h5-6,9-10H,2-4,7-8H2,1H3. The van der Waals surface area contributed by atoms with E-state index in [2.05, 4.69) is 14.9 Å². The SMILES string of the molecule is CCOC(=O)c1csc2c1CCN(Cc1cncnc1)C2. The van der Waals surface area contributed by atoms with Crippen molar-refractivity contribution in [3.8, 4) is 0 Å². The number of thiophene rings is 1. The first-order chi connectivity index (χ1) is 10.3. The first kappa shape index (κ1) is 14.2. The van der Waals surface area contributed by atoms with Crippen molar-refractivity contribution in [3.63, 3.8) is 0 Å². The van der Waals surface area contributed by atoms with Crippen molar-refractivity contribution in [2.45, 2.75) is 26.4 Å². The maximum absolute atomic E-state index is 11.9. The highest BCUT2D eigenvalue weighted by Gasteiger charge is 2.24. The van der Waals surface area contributed by atoms with Crippen LogP contribution >= 0.6 is 11.3 Å². The van der Waals surface area contributed by atoms with Gasteiger partial charge >= 0.3 is 5.97 Å². The van der Waals surface area contributed by atoms with E-state index in [4.69, 9.17) is 4.74 Å². The molecule has 2 aromatic heterocycles. The van der Waals surface area contributed by atoms with E-state index >= 15 is 0 Å². The van der Waals surface area contributed by atoms with E-state index in [-0.39, 0.29) is 5.97 Å². The summed E-state index contributed by atoms with van der Waals surface area (Å²) in [5.41, 5.74) is 3.03. The largest absolute Gasteiger partial charge is 0.462 e. The number of hydrogen-bond acceptors (Lipinski definition) is 6. The minimum atomic E-state index is -0.195. The van der Waals surface area contributed by atoms with Crippen molar-refractivity contribution >= 4 is 17.3 Å². The molecule has 0 atom stereocenters. The van der Waals surface area contributed by atoms with Crippen LogP contribution in [0.25, 0.3) is 0 Å². The van der Waals surface area contributed by atoms with Crippen LogP contribution in [0.3, 0.4) is 0 Å². The highest BCUT2D eigenvalue weighted by molar-refractivity contribution is 7.10. The van der Waals surface area contributed by atoms with Gasteiger partial charge in [-0.1, -0.05) is 0 Å². The summed E-state index contributed by atoms with van der Waals surface area (Å²) in [6.45, 7) is 4.90. The van der Waals surface area contributed by atoms with Crippen LogP contribution in [0.1, 0.15) is 33.3 Å². The molecule has 1 aliphatic rings. The zero-order chi connectivity index (χ0) is 14.7. The van der Waals surface area contributed by atoms with Gasteiger partial charge in [0.05, 0.1) is 12.2 Å². The number of esters is 1. The summed E-state index contributed by atoms with van der Waals surface area (Å²) in [5.74, 6) is -0.195. The molecule has 0 spiro atoms. The lowest BCUT2D eigenvalue weighted by atomic mass is 10.0. The monoisotopic (exact) mass is 303 g/mol. The van der Waals surface area contributed by atoms with E-state index in [1.54, 1.807) is 17.7 Å². The zero-order valence-corrected chi connectivity index (χ0v) is 12.7. The van der Waals surface area contributed by atoms with Crippen molar-refractivity contribution in [2.24, 2.45) is 0 Å². The van der Waals surface area contributed by atoms with Crippen molar-refractivity contribution < 1.29 is 9.53 Å². The van der Waals surface area contributed by atoms with Gasteiger partial charge in [0.1, 0.15) is 6.33 Å². The van der Waals surface area contributed by atoms with Gasteiger partial charge < -0.3 is 4.74 Å². The topological polar surface area (TPSA) is 55.3 Å². The Bertz CT molecular complexity index is 627. The Labute approximate surface area is 127 Å². The molecular formula is C15H17N3O2S. The van der Waals surface area contributed by atoms with Gasteiger partial charge in [0.15, 0.2) is 0 Å². The van der Waals surface area contributed by atoms with Crippen LogP contribution in [0, 0.1) is 0 Å². The highest BCUT2D eigenvalue weighted by atomic mass is 32.1. The molecule has 110 valence electrons. The third-order valence-electron chi connectivity index (χ3n) is 3.54. The van der Waals surface area contributed by atoms with E-state index in [1.807, 2.05) is 24.7 Å². The molecule has 0 amide bonds. The molecule has 0 radical (unpaired) electrons. The average molecular weight is 303 g/mol.